The van der Waals surface area contributed by atoms with E-state index in [1.807, 2.05) is 0 Å². The van der Waals surface area contributed by atoms with Crippen LogP contribution in [-0.2, 0) is 20.1 Å². The SMILES string of the molecule is Cn1cnc(CNCc2ccc([N+](=O)[O-])o2)n1. The molecule has 2 aromatic heterocycles. The Balaban J connectivity index is 1.83. The van der Waals surface area contributed by atoms with E-state index >= 15 is 0 Å². The van der Waals surface area contributed by atoms with Crippen LogP contribution in [0.4, 0.5) is 5.88 Å². The molecule has 1 N–H and O–H groups in total. The van der Waals surface area contributed by atoms with Crippen molar-refractivity contribution in [2.75, 3.05) is 0 Å². The highest BCUT2D eigenvalue weighted by Crippen LogP contribution is 2.15. The predicted molar refractivity (Wildman–Crippen MR) is 56.9 cm³/mol. The van der Waals surface area contributed by atoms with Gasteiger partial charge in [0.1, 0.15) is 17.0 Å². The van der Waals surface area contributed by atoms with Gasteiger partial charge in [0.2, 0.25) is 0 Å². The summed E-state index contributed by atoms with van der Waals surface area (Å²) in [7, 11) is 1.78. The first-order chi connectivity index (χ1) is 8.15. The second-order valence-corrected chi connectivity index (χ2v) is 3.44. The number of furan rings is 1. The van der Waals surface area contributed by atoms with Gasteiger partial charge in [0, 0.05) is 7.05 Å². The highest BCUT2D eigenvalue weighted by atomic mass is 16.6. The summed E-state index contributed by atoms with van der Waals surface area (Å²) in [4.78, 5) is 13.8. The molecule has 0 aliphatic rings. The highest BCUT2D eigenvalue weighted by molar-refractivity contribution is 5.17. The fraction of sp³-hybridized carbons (Fsp3) is 0.333. The molecule has 0 bridgehead atoms. The molecule has 0 aliphatic heterocycles. The number of hydrogen-bond donors (Lipinski definition) is 1. The zero-order valence-corrected chi connectivity index (χ0v) is 9.16. The van der Waals surface area contributed by atoms with Gasteiger partial charge in [0.15, 0.2) is 5.82 Å². The fourth-order valence-electron chi connectivity index (χ4n) is 1.32. The lowest BCUT2D eigenvalue weighted by Crippen LogP contribution is -2.13. The number of nitro groups is 1. The number of rotatable bonds is 5. The largest absolute Gasteiger partial charge is 0.433 e. The summed E-state index contributed by atoms with van der Waals surface area (Å²) in [6, 6.07) is 2.90. The van der Waals surface area contributed by atoms with E-state index in [9.17, 15) is 10.1 Å². The molecule has 2 aromatic rings. The van der Waals surface area contributed by atoms with Gasteiger partial charge in [-0.3, -0.25) is 14.8 Å². The molecule has 90 valence electrons. The minimum absolute atomic E-state index is 0.252. The summed E-state index contributed by atoms with van der Waals surface area (Å²) >= 11 is 0. The van der Waals surface area contributed by atoms with Crippen molar-refractivity contribution < 1.29 is 9.34 Å². The lowest BCUT2D eigenvalue weighted by atomic mass is 10.4. The van der Waals surface area contributed by atoms with E-state index in [4.69, 9.17) is 4.42 Å². The Labute approximate surface area is 96.4 Å². The first-order valence-electron chi connectivity index (χ1n) is 4.93. The Morgan fingerprint density at radius 2 is 2.35 bits per heavy atom. The zero-order chi connectivity index (χ0) is 12.3. The first-order valence-corrected chi connectivity index (χ1v) is 4.93. The maximum atomic E-state index is 10.4. The van der Waals surface area contributed by atoms with Crippen LogP contribution in [0.15, 0.2) is 22.9 Å². The molecule has 0 atom stereocenters. The van der Waals surface area contributed by atoms with Crippen molar-refractivity contribution in [1.82, 2.24) is 20.1 Å². The quantitative estimate of drug-likeness (QED) is 0.604. The Kier molecular flexibility index (Phi) is 3.15. The third kappa shape index (κ3) is 2.88. The average Bonchev–Trinajstić information content (AvgIpc) is 2.88. The number of nitrogens with one attached hydrogen (secondary N) is 1. The van der Waals surface area contributed by atoms with Crippen molar-refractivity contribution in [2.45, 2.75) is 13.1 Å². The van der Waals surface area contributed by atoms with Gasteiger partial charge in [0.25, 0.3) is 0 Å². The Morgan fingerprint density at radius 1 is 1.53 bits per heavy atom. The van der Waals surface area contributed by atoms with Crippen LogP contribution in [0.1, 0.15) is 11.6 Å². The van der Waals surface area contributed by atoms with E-state index < -0.39 is 4.92 Å². The van der Waals surface area contributed by atoms with E-state index in [0.717, 1.165) is 0 Å². The fourth-order valence-corrected chi connectivity index (χ4v) is 1.32. The Hall–Kier alpha value is -2.22. The number of hydrogen-bond acceptors (Lipinski definition) is 6. The van der Waals surface area contributed by atoms with Crippen LogP contribution < -0.4 is 5.32 Å². The number of nitrogens with zero attached hydrogens (tertiary/aromatic N) is 4. The lowest BCUT2D eigenvalue weighted by molar-refractivity contribution is -0.402. The van der Waals surface area contributed by atoms with Gasteiger partial charge in [-0.05, 0) is 6.07 Å². The maximum absolute atomic E-state index is 10.4. The van der Waals surface area contributed by atoms with Crippen LogP contribution in [0.3, 0.4) is 0 Å². The maximum Gasteiger partial charge on any atom is 0.433 e. The molecule has 0 radical (unpaired) electrons. The molecular weight excluding hydrogens is 226 g/mol. The number of aryl methyl sites for hydroxylation is 1. The third-order valence-corrected chi connectivity index (χ3v) is 2.06. The van der Waals surface area contributed by atoms with E-state index in [-0.39, 0.29) is 5.88 Å². The average molecular weight is 237 g/mol. The monoisotopic (exact) mass is 237 g/mol. The van der Waals surface area contributed by atoms with E-state index in [0.29, 0.717) is 24.7 Å². The Bertz CT molecular complexity index is 518. The second-order valence-electron chi connectivity index (χ2n) is 3.44. The third-order valence-electron chi connectivity index (χ3n) is 2.06. The molecule has 0 saturated heterocycles. The van der Waals surface area contributed by atoms with Crippen LogP contribution in [0.2, 0.25) is 0 Å². The van der Waals surface area contributed by atoms with Crippen molar-refractivity contribution >= 4 is 5.88 Å². The van der Waals surface area contributed by atoms with Crippen LogP contribution in [0, 0.1) is 10.1 Å². The molecule has 2 rings (SSSR count). The number of aromatic nitrogens is 3. The van der Waals surface area contributed by atoms with E-state index in [2.05, 4.69) is 15.4 Å². The molecule has 0 aromatic carbocycles. The molecule has 0 fully saturated rings. The van der Waals surface area contributed by atoms with Crippen LogP contribution in [0.25, 0.3) is 0 Å². The highest BCUT2D eigenvalue weighted by Gasteiger charge is 2.11. The summed E-state index contributed by atoms with van der Waals surface area (Å²) in [5.74, 6) is 0.916. The molecule has 0 spiro atoms. The van der Waals surface area contributed by atoms with Crippen molar-refractivity contribution in [3.63, 3.8) is 0 Å². The second kappa shape index (κ2) is 4.74. The molecule has 0 saturated carbocycles. The topological polar surface area (TPSA) is 99.0 Å². The van der Waals surface area contributed by atoms with E-state index in [1.54, 1.807) is 24.1 Å². The van der Waals surface area contributed by atoms with Gasteiger partial charge in [-0.2, -0.15) is 5.10 Å². The summed E-state index contributed by atoms with van der Waals surface area (Å²) in [6.07, 6.45) is 1.61. The van der Waals surface area contributed by atoms with Crippen molar-refractivity contribution in [3.05, 3.63) is 40.2 Å². The van der Waals surface area contributed by atoms with Crippen molar-refractivity contribution in [3.8, 4) is 0 Å². The summed E-state index contributed by atoms with van der Waals surface area (Å²) in [5.41, 5.74) is 0. The van der Waals surface area contributed by atoms with Gasteiger partial charge in [-0.25, -0.2) is 4.98 Å². The molecule has 0 unspecified atom stereocenters. The zero-order valence-electron chi connectivity index (χ0n) is 9.16. The normalized spacial score (nSPS) is 10.6. The van der Waals surface area contributed by atoms with Crippen LogP contribution in [-0.4, -0.2) is 19.7 Å². The van der Waals surface area contributed by atoms with Crippen molar-refractivity contribution in [2.24, 2.45) is 7.05 Å². The molecule has 0 aliphatic carbocycles. The smallest absolute Gasteiger partial charge is 0.404 e. The standard InChI is InChI=1S/C9H11N5O3/c1-13-6-11-8(12-13)5-10-4-7-2-3-9(17-7)14(15)16/h2-3,6,10H,4-5H2,1H3. The van der Waals surface area contributed by atoms with E-state index in [1.165, 1.54) is 6.07 Å². The minimum Gasteiger partial charge on any atom is -0.404 e. The molecule has 8 nitrogen and oxygen atoms in total. The first kappa shape index (κ1) is 11.3. The minimum atomic E-state index is -0.566. The molecule has 8 heteroatoms. The van der Waals surface area contributed by atoms with Crippen LogP contribution >= 0.6 is 0 Å². The Morgan fingerprint density at radius 3 is 2.94 bits per heavy atom. The lowest BCUT2D eigenvalue weighted by Gasteiger charge is -1.97. The summed E-state index contributed by atoms with van der Waals surface area (Å²) < 4.78 is 6.59. The van der Waals surface area contributed by atoms with Crippen molar-refractivity contribution in [1.29, 1.82) is 0 Å². The van der Waals surface area contributed by atoms with Gasteiger partial charge >= 0.3 is 5.88 Å². The van der Waals surface area contributed by atoms with Gasteiger partial charge in [0.05, 0.1) is 19.2 Å². The van der Waals surface area contributed by atoms with Crippen LogP contribution in [0.5, 0.6) is 0 Å². The van der Waals surface area contributed by atoms with Gasteiger partial charge in [-0.15, -0.1) is 0 Å². The van der Waals surface area contributed by atoms with Gasteiger partial charge in [-0.1, -0.05) is 0 Å². The molecule has 2 heterocycles. The summed E-state index contributed by atoms with van der Waals surface area (Å²) in [6.45, 7) is 0.876. The molecule has 17 heavy (non-hydrogen) atoms. The van der Waals surface area contributed by atoms with Gasteiger partial charge < -0.3 is 9.73 Å². The summed E-state index contributed by atoms with van der Waals surface area (Å²) in [5, 5.41) is 17.5. The predicted octanol–water partition coefficient (Wildman–Crippen LogP) is 0.606. The molecule has 0 amide bonds. The molecular formula is C9H11N5O3.